The average molecular weight is 292 g/mol. The van der Waals surface area contributed by atoms with Crippen molar-refractivity contribution in [3.63, 3.8) is 0 Å². The van der Waals surface area contributed by atoms with Crippen LogP contribution in [0.1, 0.15) is 5.56 Å². The number of hydrogen-bond acceptors (Lipinski definition) is 3. The first-order chi connectivity index (χ1) is 8.25. The minimum atomic E-state index is 0.813. The molecule has 17 heavy (non-hydrogen) atoms. The third kappa shape index (κ3) is 3.46. The summed E-state index contributed by atoms with van der Waals surface area (Å²) in [6, 6.07) is 9.91. The zero-order valence-electron chi connectivity index (χ0n) is 9.36. The predicted molar refractivity (Wildman–Crippen MR) is 75.0 cm³/mol. The summed E-state index contributed by atoms with van der Waals surface area (Å²) in [5, 5.41) is 3.35. The Hall–Kier alpha value is -1.55. The number of nitrogens with zero attached hydrogens (tertiary/aromatic N) is 1. The first-order valence-corrected chi connectivity index (χ1v) is 6.23. The van der Waals surface area contributed by atoms with Gasteiger partial charge in [0.2, 0.25) is 0 Å². The van der Waals surface area contributed by atoms with Gasteiger partial charge in [0.15, 0.2) is 0 Å². The molecule has 0 fully saturated rings. The third-order valence-electron chi connectivity index (χ3n) is 2.45. The van der Waals surface area contributed by atoms with E-state index in [9.17, 15) is 0 Å². The van der Waals surface area contributed by atoms with Gasteiger partial charge < -0.3 is 11.1 Å². The number of aromatic nitrogens is 1. The fourth-order valence-electron chi connectivity index (χ4n) is 1.61. The van der Waals surface area contributed by atoms with Crippen LogP contribution in [0.15, 0.2) is 47.2 Å². The highest BCUT2D eigenvalue weighted by molar-refractivity contribution is 9.10. The first-order valence-electron chi connectivity index (χ1n) is 5.43. The van der Waals surface area contributed by atoms with E-state index in [1.165, 1.54) is 5.56 Å². The van der Waals surface area contributed by atoms with Gasteiger partial charge in [-0.15, -0.1) is 0 Å². The summed E-state index contributed by atoms with van der Waals surface area (Å²) < 4.78 is 0.979. The number of anilines is 2. The van der Waals surface area contributed by atoms with Gasteiger partial charge in [-0.25, -0.2) is 0 Å². The van der Waals surface area contributed by atoms with E-state index < -0.39 is 0 Å². The average Bonchev–Trinajstić information content (AvgIpc) is 2.32. The molecule has 0 saturated heterocycles. The van der Waals surface area contributed by atoms with Gasteiger partial charge in [-0.3, -0.25) is 4.98 Å². The van der Waals surface area contributed by atoms with E-state index in [2.05, 4.69) is 32.3 Å². The van der Waals surface area contributed by atoms with Crippen molar-refractivity contribution in [3.05, 3.63) is 52.8 Å². The zero-order chi connectivity index (χ0) is 12.1. The van der Waals surface area contributed by atoms with E-state index in [-0.39, 0.29) is 0 Å². The molecular weight excluding hydrogens is 278 g/mol. The Bertz CT molecular complexity index is 500. The van der Waals surface area contributed by atoms with Crippen LogP contribution in [0, 0.1) is 0 Å². The minimum absolute atomic E-state index is 0.813. The molecule has 0 aliphatic heterocycles. The van der Waals surface area contributed by atoms with Crippen LogP contribution in [-0.4, -0.2) is 11.5 Å². The number of hydrogen-bond donors (Lipinski definition) is 2. The summed E-state index contributed by atoms with van der Waals surface area (Å²) in [7, 11) is 0. The lowest BCUT2D eigenvalue weighted by Crippen LogP contribution is -2.05. The number of nitrogens with one attached hydrogen (secondary N) is 1. The van der Waals surface area contributed by atoms with E-state index in [0.29, 0.717) is 0 Å². The van der Waals surface area contributed by atoms with Crippen molar-refractivity contribution in [2.24, 2.45) is 0 Å². The summed E-state index contributed by atoms with van der Waals surface area (Å²) in [6.07, 6.45) is 4.50. The molecule has 2 aromatic rings. The van der Waals surface area contributed by atoms with Gasteiger partial charge in [-0.1, -0.05) is 12.1 Å². The smallest absolute Gasteiger partial charge is 0.0590 e. The summed E-state index contributed by atoms with van der Waals surface area (Å²) in [5.74, 6) is 0. The molecule has 2 rings (SSSR count). The Kier molecular flexibility index (Phi) is 3.98. The topological polar surface area (TPSA) is 50.9 Å². The van der Waals surface area contributed by atoms with Crippen LogP contribution >= 0.6 is 15.9 Å². The van der Waals surface area contributed by atoms with Gasteiger partial charge in [0.1, 0.15) is 0 Å². The van der Waals surface area contributed by atoms with Crippen molar-refractivity contribution < 1.29 is 0 Å². The largest absolute Gasteiger partial charge is 0.399 e. The number of halogens is 1. The summed E-state index contributed by atoms with van der Waals surface area (Å²) in [5.41, 5.74) is 8.84. The summed E-state index contributed by atoms with van der Waals surface area (Å²) >= 11 is 3.45. The highest BCUT2D eigenvalue weighted by Crippen LogP contribution is 2.19. The Morgan fingerprint density at radius 3 is 2.94 bits per heavy atom. The van der Waals surface area contributed by atoms with Crippen LogP contribution in [0.5, 0.6) is 0 Å². The van der Waals surface area contributed by atoms with Crippen molar-refractivity contribution >= 4 is 27.3 Å². The van der Waals surface area contributed by atoms with Gasteiger partial charge in [0.25, 0.3) is 0 Å². The van der Waals surface area contributed by atoms with Crippen molar-refractivity contribution in [1.82, 2.24) is 4.98 Å². The van der Waals surface area contributed by atoms with Crippen molar-refractivity contribution in [1.29, 1.82) is 0 Å². The monoisotopic (exact) mass is 291 g/mol. The number of rotatable bonds is 4. The maximum atomic E-state index is 5.73. The van der Waals surface area contributed by atoms with Crippen LogP contribution in [-0.2, 0) is 6.42 Å². The molecule has 1 aromatic carbocycles. The van der Waals surface area contributed by atoms with Crippen LogP contribution in [0.2, 0.25) is 0 Å². The standard InChI is InChI=1S/C13H14BrN3/c14-12-9-16-6-5-13(12)17-7-4-10-2-1-3-11(15)8-10/h1-3,5-6,8-9H,4,7,15H2,(H,16,17). The molecular formula is C13H14BrN3. The van der Waals surface area contributed by atoms with Crippen LogP contribution in [0.4, 0.5) is 11.4 Å². The number of nitrogens with two attached hydrogens (primary N) is 1. The van der Waals surface area contributed by atoms with Gasteiger partial charge in [0, 0.05) is 24.6 Å². The second-order valence-electron chi connectivity index (χ2n) is 3.78. The Balaban J connectivity index is 1.90. The number of nitrogen functional groups attached to an aromatic ring is 1. The lowest BCUT2D eigenvalue weighted by molar-refractivity contribution is 1.02. The van der Waals surface area contributed by atoms with Crippen molar-refractivity contribution in [2.45, 2.75) is 6.42 Å². The van der Waals surface area contributed by atoms with Crippen molar-refractivity contribution in [3.8, 4) is 0 Å². The molecule has 0 aliphatic carbocycles. The molecule has 1 aromatic heterocycles. The molecule has 0 amide bonds. The van der Waals surface area contributed by atoms with Gasteiger partial charge in [0.05, 0.1) is 10.2 Å². The zero-order valence-corrected chi connectivity index (χ0v) is 10.9. The molecule has 0 atom stereocenters. The molecule has 0 unspecified atom stereocenters. The van der Waals surface area contributed by atoms with Crippen LogP contribution < -0.4 is 11.1 Å². The fourth-order valence-corrected chi connectivity index (χ4v) is 2.00. The molecule has 0 spiro atoms. The molecule has 0 aliphatic rings. The third-order valence-corrected chi connectivity index (χ3v) is 3.08. The van der Waals surface area contributed by atoms with E-state index in [4.69, 9.17) is 5.73 Å². The Labute approximate surface area is 109 Å². The first kappa shape index (κ1) is 11.9. The van der Waals surface area contributed by atoms with Crippen molar-refractivity contribution in [2.75, 3.05) is 17.6 Å². The molecule has 88 valence electrons. The maximum absolute atomic E-state index is 5.73. The summed E-state index contributed by atoms with van der Waals surface area (Å²) in [4.78, 5) is 4.02. The highest BCUT2D eigenvalue weighted by atomic mass is 79.9. The fraction of sp³-hybridized carbons (Fsp3) is 0.154. The molecule has 0 radical (unpaired) electrons. The minimum Gasteiger partial charge on any atom is -0.399 e. The molecule has 3 nitrogen and oxygen atoms in total. The second kappa shape index (κ2) is 5.68. The predicted octanol–water partition coefficient (Wildman–Crippen LogP) is 3.08. The van der Waals surface area contributed by atoms with Gasteiger partial charge >= 0.3 is 0 Å². The van der Waals surface area contributed by atoms with Crippen LogP contribution in [0.3, 0.4) is 0 Å². The SMILES string of the molecule is Nc1cccc(CCNc2ccncc2Br)c1. The quantitative estimate of drug-likeness (QED) is 0.851. The molecule has 0 bridgehead atoms. The van der Waals surface area contributed by atoms with Gasteiger partial charge in [-0.2, -0.15) is 0 Å². The van der Waals surface area contributed by atoms with Crippen LogP contribution in [0.25, 0.3) is 0 Å². The Morgan fingerprint density at radius 2 is 2.18 bits per heavy atom. The van der Waals surface area contributed by atoms with E-state index in [0.717, 1.165) is 28.8 Å². The summed E-state index contributed by atoms with van der Waals surface area (Å²) in [6.45, 7) is 0.867. The lowest BCUT2D eigenvalue weighted by atomic mass is 10.1. The normalized spacial score (nSPS) is 10.2. The molecule has 4 heteroatoms. The second-order valence-corrected chi connectivity index (χ2v) is 4.63. The van der Waals surface area contributed by atoms with Gasteiger partial charge in [-0.05, 0) is 46.1 Å². The Morgan fingerprint density at radius 1 is 1.29 bits per heavy atom. The highest BCUT2D eigenvalue weighted by Gasteiger charge is 1.98. The van der Waals surface area contributed by atoms with E-state index in [1.807, 2.05) is 24.3 Å². The number of pyridine rings is 1. The molecule has 3 N–H and O–H groups in total. The number of benzene rings is 1. The van der Waals surface area contributed by atoms with E-state index >= 15 is 0 Å². The maximum Gasteiger partial charge on any atom is 0.0590 e. The molecule has 0 saturated carbocycles. The molecule has 1 heterocycles. The lowest BCUT2D eigenvalue weighted by Gasteiger charge is -2.08. The van der Waals surface area contributed by atoms with E-state index in [1.54, 1.807) is 12.4 Å².